The van der Waals surface area contributed by atoms with E-state index in [0.717, 1.165) is 4.31 Å². The number of para-hydroxylation sites is 1. The van der Waals surface area contributed by atoms with Gasteiger partial charge in [0.25, 0.3) is 5.91 Å². The summed E-state index contributed by atoms with van der Waals surface area (Å²) < 4.78 is 25.3. The molecule has 0 aliphatic carbocycles. The monoisotopic (exact) mass is 391 g/mol. The SMILES string of the molecule is CN(C)S(=O)(=O)c1cccc(C(=O)NNC(=O)CCc2ccccc2O)c1. The summed E-state index contributed by atoms with van der Waals surface area (Å²) in [6, 6.07) is 12.2. The molecule has 0 aromatic heterocycles. The third-order valence-corrected chi connectivity index (χ3v) is 5.61. The Morgan fingerprint density at radius 3 is 2.41 bits per heavy atom. The number of carbonyl (C=O) groups is 2. The zero-order chi connectivity index (χ0) is 20.0. The number of sulfonamides is 1. The standard InChI is InChI=1S/C18H21N3O5S/c1-21(2)27(25,26)15-8-5-7-14(12-15)18(24)20-19-17(23)11-10-13-6-3-4-9-16(13)22/h3-9,12,22H,10-11H2,1-2H3,(H,19,23)(H,20,24). The molecule has 0 aliphatic heterocycles. The lowest BCUT2D eigenvalue weighted by molar-refractivity contribution is -0.121. The summed E-state index contributed by atoms with van der Waals surface area (Å²) >= 11 is 0. The van der Waals surface area contributed by atoms with E-state index >= 15 is 0 Å². The number of nitrogens with one attached hydrogen (secondary N) is 2. The number of hydrogen-bond donors (Lipinski definition) is 3. The van der Waals surface area contributed by atoms with E-state index in [2.05, 4.69) is 10.9 Å². The average molecular weight is 391 g/mol. The Hall–Kier alpha value is -2.91. The predicted octanol–water partition coefficient (Wildman–Crippen LogP) is 1.04. The fourth-order valence-electron chi connectivity index (χ4n) is 2.24. The van der Waals surface area contributed by atoms with Gasteiger partial charge in [-0.3, -0.25) is 20.4 Å². The summed E-state index contributed by atoms with van der Waals surface area (Å²) in [6.45, 7) is 0. The molecule has 0 saturated carbocycles. The predicted molar refractivity (Wildman–Crippen MR) is 99.4 cm³/mol. The van der Waals surface area contributed by atoms with E-state index in [1.165, 1.54) is 44.4 Å². The lowest BCUT2D eigenvalue weighted by atomic mass is 10.1. The summed E-state index contributed by atoms with van der Waals surface area (Å²) in [5.41, 5.74) is 5.24. The minimum absolute atomic E-state index is 0.0222. The van der Waals surface area contributed by atoms with Gasteiger partial charge in [-0.1, -0.05) is 24.3 Å². The quantitative estimate of drug-likeness (QED) is 0.636. The molecular formula is C18H21N3O5S. The third kappa shape index (κ3) is 5.28. The molecule has 0 aliphatic rings. The van der Waals surface area contributed by atoms with Gasteiger partial charge in [-0.25, -0.2) is 12.7 Å². The first-order valence-electron chi connectivity index (χ1n) is 8.10. The van der Waals surface area contributed by atoms with Gasteiger partial charge in [0.05, 0.1) is 4.90 Å². The second-order valence-electron chi connectivity index (χ2n) is 5.95. The molecule has 0 atom stereocenters. The summed E-state index contributed by atoms with van der Waals surface area (Å²) in [5.74, 6) is -0.973. The van der Waals surface area contributed by atoms with Gasteiger partial charge in [0.15, 0.2) is 0 Å². The van der Waals surface area contributed by atoms with E-state index in [1.807, 2.05) is 0 Å². The molecule has 0 fully saturated rings. The van der Waals surface area contributed by atoms with E-state index in [0.29, 0.717) is 12.0 Å². The molecule has 2 amide bonds. The van der Waals surface area contributed by atoms with Crippen molar-refractivity contribution in [2.24, 2.45) is 0 Å². The largest absolute Gasteiger partial charge is 0.508 e. The maximum atomic E-state index is 12.2. The van der Waals surface area contributed by atoms with Crippen molar-refractivity contribution in [3.63, 3.8) is 0 Å². The summed E-state index contributed by atoms with van der Waals surface area (Å²) in [7, 11) is -0.874. The zero-order valence-electron chi connectivity index (χ0n) is 15.0. The van der Waals surface area contributed by atoms with E-state index in [9.17, 15) is 23.1 Å². The number of benzene rings is 2. The fourth-order valence-corrected chi connectivity index (χ4v) is 3.19. The van der Waals surface area contributed by atoms with Crippen LogP contribution in [0.25, 0.3) is 0 Å². The van der Waals surface area contributed by atoms with E-state index in [4.69, 9.17) is 0 Å². The van der Waals surface area contributed by atoms with E-state index in [-0.39, 0.29) is 22.6 Å². The van der Waals surface area contributed by atoms with Crippen molar-refractivity contribution in [2.45, 2.75) is 17.7 Å². The van der Waals surface area contributed by atoms with Crippen molar-refractivity contribution in [1.82, 2.24) is 15.2 Å². The van der Waals surface area contributed by atoms with Crippen LogP contribution in [0.1, 0.15) is 22.3 Å². The zero-order valence-corrected chi connectivity index (χ0v) is 15.8. The van der Waals surface area contributed by atoms with Crippen molar-refractivity contribution < 1.29 is 23.1 Å². The number of phenols is 1. The molecule has 144 valence electrons. The van der Waals surface area contributed by atoms with Gasteiger partial charge >= 0.3 is 0 Å². The van der Waals surface area contributed by atoms with Crippen LogP contribution in [0.4, 0.5) is 0 Å². The van der Waals surface area contributed by atoms with Gasteiger partial charge in [-0.2, -0.15) is 0 Å². The molecule has 2 aromatic rings. The van der Waals surface area contributed by atoms with Crippen molar-refractivity contribution >= 4 is 21.8 Å². The van der Waals surface area contributed by atoms with Crippen molar-refractivity contribution in [3.8, 4) is 5.75 Å². The molecule has 9 heteroatoms. The maximum absolute atomic E-state index is 12.2. The Bertz CT molecular complexity index is 942. The van der Waals surface area contributed by atoms with Crippen LogP contribution in [-0.2, 0) is 21.2 Å². The second kappa shape index (κ2) is 8.65. The Labute approximate surface area is 157 Å². The van der Waals surface area contributed by atoms with Gasteiger partial charge in [0.1, 0.15) is 5.75 Å². The molecule has 3 N–H and O–H groups in total. The van der Waals surface area contributed by atoms with Crippen molar-refractivity contribution in [3.05, 3.63) is 59.7 Å². The number of nitrogens with zero attached hydrogens (tertiary/aromatic N) is 1. The minimum atomic E-state index is -3.67. The first-order chi connectivity index (χ1) is 12.7. The van der Waals surface area contributed by atoms with Gasteiger partial charge in [-0.15, -0.1) is 0 Å². The highest BCUT2D eigenvalue weighted by Crippen LogP contribution is 2.17. The van der Waals surface area contributed by atoms with Crippen LogP contribution in [0, 0.1) is 0 Å². The molecule has 27 heavy (non-hydrogen) atoms. The van der Waals surface area contributed by atoms with Crippen LogP contribution in [0.2, 0.25) is 0 Å². The van der Waals surface area contributed by atoms with Crippen LogP contribution in [0.15, 0.2) is 53.4 Å². The molecule has 8 nitrogen and oxygen atoms in total. The van der Waals surface area contributed by atoms with Gasteiger partial charge in [-0.05, 0) is 36.2 Å². The number of rotatable bonds is 6. The third-order valence-electron chi connectivity index (χ3n) is 3.80. The molecular weight excluding hydrogens is 370 g/mol. The number of carbonyl (C=O) groups excluding carboxylic acids is 2. The molecule has 0 spiro atoms. The molecule has 0 bridgehead atoms. The summed E-state index contributed by atoms with van der Waals surface area (Å²) in [6.07, 6.45) is 0.373. The fraction of sp³-hybridized carbons (Fsp3) is 0.222. The van der Waals surface area contributed by atoms with Crippen LogP contribution in [0.5, 0.6) is 5.75 Å². The highest BCUT2D eigenvalue weighted by atomic mass is 32.2. The first kappa shape index (κ1) is 20.4. The highest BCUT2D eigenvalue weighted by molar-refractivity contribution is 7.89. The molecule has 2 aromatic carbocycles. The normalized spacial score (nSPS) is 11.2. The number of hydrazine groups is 1. The summed E-state index contributed by atoms with van der Waals surface area (Å²) in [4.78, 5) is 24.0. The number of aromatic hydroxyl groups is 1. The van der Waals surface area contributed by atoms with Gasteiger partial charge in [0.2, 0.25) is 15.9 Å². The molecule has 0 unspecified atom stereocenters. The molecule has 2 rings (SSSR count). The Balaban J connectivity index is 1.94. The van der Waals surface area contributed by atoms with Crippen molar-refractivity contribution in [2.75, 3.05) is 14.1 Å². The molecule has 0 heterocycles. The number of aryl methyl sites for hydroxylation is 1. The van der Waals surface area contributed by atoms with Crippen molar-refractivity contribution in [1.29, 1.82) is 0 Å². The minimum Gasteiger partial charge on any atom is -0.508 e. The van der Waals surface area contributed by atoms with Gasteiger partial charge in [0, 0.05) is 26.1 Å². The Morgan fingerprint density at radius 1 is 1.04 bits per heavy atom. The maximum Gasteiger partial charge on any atom is 0.269 e. The first-order valence-corrected chi connectivity index (χ1v) is 9.54. The Kier molecular flexibility index (Phi) is 6.54. The number of phenolic OH excluding ortho intramolecular Hbond substituents is 1. The lowest BCUT2D eigenvalue weighted by Gasteiger charge is -2.12. The molecule has 0 saturated heterocycles. The van der Waals surface area contributed by atoms with E-state index in [1.54, 1.807) is 18.2 Å². The second-order valence-corrected chi connectivity index (χ2v) is 8.10. The van der Waals surface area contributed by atoms with Crippen LogP contribution < -0.4 is 10.9 Å². The number of amides is 2. The molecule has 0 radical (unpaired) electrons. The average Bonchev–Trinajstić information content (AvgIpc) is 2.65. The Morgan fingerprint density at radius 2 is 1.74 bits per heavy atom. The summed E-state index contributed by atoms with van der Waals surface area (Å²) in [5, 5.41) is 9.67. The van der Waals surface area contributed by atoms with Crippen LogP contribution in [-0.4, -0.2) is 43.7 Å². The van der Waals surface area contributed by atoms with Crippen LogP contribution in [0.3, 0.4) is 0 Å². The van der Waals surface area contributed by atoms with Crippen LogP contribution >= 0.6 is 0 Å². The van der Waals surface area contributed by atoms with E-state index < -0.39 is 21.8 Å². The number of hydrogen-bond acceptors (Lipinski definition) is 5. The lowest BCUT2D eigenvalue weighted by Crippen LogP contribution is -2.41. The smallest absolute Gasteiger partial charge is 0.269 e. The highest BCUT2D eigenvalue weighted by Gasteiger charge is 2.19. The topological polar surface area (TPSA) is 116 Å². The van der Waals surface area contributed by atoms with Gasteiger partial charge < -0.3 is 5.11 Å².